The molecule has 0 aliphatic carbocycles. The van der Waals surface area contributed by atoms with Crippen molar-refractivity contribution in [3.63, 3.8) is 0 Å². The van der Waals surface area contributed by atoms with E-state index in [2.05, 4.69) is 13.1 Å². The quantitative estimate of drug-likeness (QED) is 0.483. The number of hydrogen-bond acceptors (Lipinski definition) is 0. The van der Waals surface area contributed by atoms with E-state index in [1.807, 2.05) is 0 Å². The minimum Gasteiger partial charge on any atom is -0.114 e. The molecule has 0 bridgehead atoms. The highest BCUT2D eigenvalue weighted by atomic mass is 31.7. The van der Waals surface area contributed by atoms with Crippen LogP contribution >= 0.6 is 14.9 Å². The molecule has 2 aliphatic heterocycles. The predicted octanol–water partition coefficient (Wildman–Crippen LogP) is 5.02. The third kappa shape index (κ3) is 3.05. The Morgan fingerprint density at radius 2 is 0.933 bits per heavy atom. The van der Waals surface area contributed by atoms with Crippen molar-refractivity contribution in [2.75, 3.05) is 24.6 Å². The van der Waals surface area contributed by atoms with Crippen LogP contribution in [0.5, 0.6) is 0 Å². The molecule has 15 heavy (non-hydrogen) atoms. The minimum atomic E-state index is -0.772. The SMILES string of the molecule is C[Si](C)(P1CCCCC1)P1CCCCC1. The van der Waals surface area contributed by atoms with Crippen molar-refractivity contribution in [2.45, 2.75) is 51.6 Å². The zero-order valence-corrected chi connectivity index (χ0v) is 13.3. The van der Waals surface area contributed by atoms with Crippen LogP contribution in [-0.4, -0.2) is 32.1 Å². The molecule has 88 valence electrons. The zero-order valence-electron chi connectivity index (χ0n) is 10.5. The Bertz CT molecular complexity index is 174. The minimum absolute atomic E-state index is 0.530. The van der Waals surface area contributed by atoms with Crippen LogP contribution in [0.1, 0.15) is 38.5 Å². The van der Waals surface area contributed by atoms with Gasteiger partial charge in [-0.15, -0.1) is 14.9 Å². The maximum Gasteiger partial charge on any atom is 0.101 e. The normalized spacial score (nSPS) is 26.8. The fourth-order valence-corrected chi connectivity index (χ4v) is 25.4. The summed E-state index contributed by atoms with van der Waals surface area (Å²) in [7, 11) is 0.288. The lowest BCUT2D eigenvalue weighted by Crippen LogP contribution is -2.29. The smallest absolute Gasteiger partial charge is 0.101 e. The molecular formula is C12H26P2Si. The van der Waals surface area contributed by atoms with E-state index in [0.29, 0.717) is 14.9 Å². The highest BCUT2D eigenvalue weighted by Crippen LogP contribution is 2.66. The molecule has 2 fully saturated rings. The molecule has 0 nitrogen and oxygen atoms in total. The van der Waals surface area contributed by atoms with Gasteiger partial charge in [0, 0.05) is 0 Å². The van der Waals surface area contributed by atoms with Gasteiger partial charge in [0.25, 0.3) is 0 Å². The lowest BCUT2D eigenvalue weighted by atomic mass is 10.3. The van der Waals surface area contributed by atoms with E-state index in [-0.39, 0.29) is 0 Å². The highest BCUT2D eigenvalue weighted by molar-refractivity contribution is 8.24. The van der Waals surface area contributed by atoms with Gasteiger partial charge >= 0.3 is 0 Å². The summed E-state index contributed by atoms with van der Waals surface area (Å²) >= 11 is 0. The summed E-state index contributed by atoms with van der Waals surface area (Å²) in [6.07, 6.45) is 16.0. The number of hydrogen-bond donors (Lipinski definition) is 0. The second-order valence-corrected chi connectivity index (χ2v) is 24.1. The van der Waals surface area contributed by atoms with Crippen molar-refractivity contribution in [1.29, 1.82) is 0 Å². The van der Waals surface area contributed by atoms with Gasteiger partial charge in [-0.2, -0.15) is 0 Å². The lowest BCUT2D eigenvalue weighted by molar-refractivity contribution is 0.754. The first-order valence-corrected chi connectivity index (χ1v) is 14.8. The van der Waals surface area contributed by atoms with Gasteiger partial charge in [0.1, 0.15) is 7.41 Å². The van der Waals surface area contributed by atoms with E-state index in [1.54, 1.807) is 63.2 Å². The summed E-state index contributed by atoms with van der Waals surface area (Å²) in [6.45, 7) is 5.53. The van der Waals surface area contributed by atoms with Crippen molar-refractivity contribution in [1.82, 2.24) is 0 Å². The van der Waals surface area contributed by atoms with Crippen LogP contribution in [0.3, 0.4) is 0 Å². The summed E-state index contributed by atoms with van der Waals surface area (Å²) < 4.78 is 0. The third-order valence-electron chi connectivity index (χ3n) is 4.26. The van der Waals surface area contributed by atoms with Crippen LogP contribution < -0.4 is 0 Å². The fraction of sp³-hybridized carbons (Fsp3) is 1.00. The van der Waals surface area contributed by atoms with Gasteiger partial charge in [0.05, 0.1) is 0 Å². The summed E-state index contributed by atoms with van der Waals surface area (Å²) in [5, 5.41) is 0. The molecule has 2 saturated heterocycles. The van der Waals surface area contributed by atoms with Crippen molar-refractivity contribution in [3.05, 3.63) is 0 Å². The molecule has 0 unspecified atom stereocenters. The molecule has 0 spiro atoms. The molecule has 0 atom stereocenters. The fourth-order valence-electron chi connectivity index (χ4n) is 3.08. The Morgan fingerprint density at radius 3 is 1.27 bits per heavy atom. The monoisotopic (exact) mass is 260 g/mol. The molecule has 0 radical (unpaired) electrons. The van der Waals surface area contributed by atoms with Crippen LogP contribution in [0.25, 0.3) is 0 Å². The van der Waals surface area contributed by atoms with E-state index in [1.165, 1.54) is 0 Å². The molecule has 0 aromatic rings. The Labute approximate surface area is 98.8 Å². The van der Waals surface area contributed by atoms with Crippen LogP contribution in [-0.2, 0) is 0 Å². The first-order chi connectivity index (χ1) is 7.21. The third-order valence-corrected chi connectivity index (χ3v) is 27.8. The molecule has 2 aliphatic rings. The van der Waals surface area contributed by atoms with E-state index < -0.39 is 7.41 Å². The molecule has 0 aromatic carbocycles. The van der Waals surface area contributed by atoms with Crippen LogP contribution in [0.2, 0.25) is 13.1 Å². The predicted molar refractivity (Wildman–Crippen MR) is 78.5 cm³/mol. The Hall–Kier alpha value is 1.08. The standard InChI is InChI=1S/C12H26P2Si/c1-15(2,13-9-5-3-6-10-13)14-11-7-4-8-12-14/h3-12H2,1-2H3. The zero-order chi connectivity index (χ0) is 10.7. The first-order valence-electron chi connectivity index (χ1n) is 6.71. The Balaban J connectivity index is 1.96. The maximum atomic E-state index is 2.76. The van der Waals surface area contributed by atoms with E-state index in [9.17, 15) is 0 Å². The largest absolute Gasteiger partial charge is 0.114 e. The van der Waals surface area contributed by atoms with Gasteiger partial charge in [0.15, 0.2) is 0 Å². The number of rotatable bonds is 2. The Kier molecular flexibility index (Phi) is 4.69. The molecule has 0 aromatic heterocycles. The van der Waals surface area contributed by atoms with Gasteiger partial charge in [-0.25, -0.2) is 0 Å². The topological polar surface area (TPSA) is 0 Å². The van der Waals surface area contributed by atoms with Gasteiger partial charge in [-0.05, 0) is 50.3 Å². The van der Waals surface area contributed by atoms with Crippen LogP contribution in [0.4, 0.5) is 0 Å². The Morgan fingerprint density at radius 1 is 0.600 bits per heavy atom. The summed E-state index contributed by atoms with van der Waals surface area (Å²) in [6, 6.07) is 0. The average molecular weight is 260 g/mol. The molecule has 0 saturated carbocycles. The van der Waals surface area contributed by atoms with E-state index >= 15 is 0 Å². The average Bonchev–Trinajstić information content (AvgIpc) is 2.31. The second-order valence-electron chi connectivity index (χ2n) is 5.59. The summed E-state index contributed by atoms with van der Waals surface area (Å²) in [5.41, 5.74) is 0. The van der Waals surface area contributed by atoms with Crippen molar-refractivity contribution in [3.8, 4) is 0 Å². The molecular weight excluding hydrogens is 234 g/mol. The molecule has 2 heterocycles. The van der Waals surface area contributed by atoms with Crippen molar-refractivity contribution in [2.24, 2.45) is 0 Å². The first kappa shape index (κ1) is 12.5. The van der Waals surface area contributed by atoms with Gasteiger partial charge in [-0.3, -0.25) is 0 Å². The highest BCUT2D eigenvalue weighted by Gasteiger charge is 2.39. The van der Waals surface area contributed by atoms with E-state index in [4.69, 9.17) is 0 Å². The molecule has 2 rings (SSSR count). The van der Waals surface area contributed by atoms with Crippen LogP contribution in [0, 0.1) is 0 Å². The molecule has 3 heteroatoms. The van der Waals surface area contributed by atoms with Crippen molar-refractivity contribution >= 4 is 22.3 Å². The van der Waals surface area contributed by atoms with Gasteiger partial charge < -0.3 is 0 Å². The molecule has 0 amide bonds. The summed E-state index contributed by atoms with van der Waals surface area (Å²) in [5.74, 6) is 0. The molecule has 0 N–H and O–H groups in total. The summed E-state index contributed by atoms with van der Waals surface area (Å²) in [4.78, 5) is 0. The van der Waals surface area contributed by atoms with Gasteiger partial charge in [-0.1, -0.05) is 25.9 Å². The van der Waals surface area contributed by atoms with E-state index in [0.717, 1.165) is 0 Å². The second kappa shape index (κ2) is 5.61. The maximum absolute atomic E-state index is 2.76. The van der Waals surface area contributed by atoms with Gasteiger partial charge in [0.2, 0.25) is 0 Å². The van der Waals surface area contributed by atoms with Crippen LogP contribution in [0.15, 0.2) is 0 Å². The lowest BCUT2D eigenvalue weighted by Gasteiger charge is -2.43. The van der Waals surface area contributed by atoms with Crippen molar-refractivity contribution < 1.29 is 0 Å².